The number of carboxylic acids is 1. The Labute approximate surface area is 125 Å². The molecule has 0 aromatic carbocycles. The van der Waals surface area contributed by atoms with Gasteiger partial charge in [0.2, 0.25) is 0 Å². The van der Waals surface area contributed by atoms with Gasteiger partial charge in [0, 0.05) is 6.20 Å². The van der Waals surface area contributed by atoms with Gasteiger partial charge in [-0.25, -0.2) is 4.98 Å². The lowest BCUT2D eigenvalue weighted by Crippen LogP contribution is -2.47. The highest BCUT2D eigenvalue weighted by molar-refractivity contribution is 7.99. The number of alkyl halides is 3. The predicted molar refractivity (Wildman–Crippen MR) is 74.3 cm³/mol. The van der Waals surface area contributed by atoms with Crippen molar-refractivity contribution in [2.45, 2.75) is 36.5 Å². The fourth-order valence-electron chi connectivity index (χ4n) is 1.57. The molecule has 2 N–H and O–H groups in total. The number of pyridine rings is 1. The summed E-state index contributed by atoms with van der Waals surface area (Å²) < 4.78 is 37.1. The van der Waals surface area contributed by atoms with E-state index in [4.69, 9.17) is 5.11 Å². The molecule has 1 rings (SSSR count). The van der Waals surface area contributed by atoms with Crippen molar-refractivity contribution in [1.82, 2.24) is 10.3 Å². The van der Waals surface area contributed by atoms with Crippen LogP contribution in [-0.2, 0) is 11.0 Å². The van der Waals surface area contributed by atoms with Gasteiger partial charge in [0.1, 0.15) is 5.54 Å². The molecule has 0 fully saturated rings. The Bertz CT molecular complexity index is 479. The number of rotatable bonds is 7. The van der Waals surface area contributed by atoms with Crippen molar-refractivity contribution in [2.24, 2.45) is 0 Å². The fourth-order valence-corrected chi connectivity index (χ4v) is 2.36. The Hall–Kier alpha value is -1.28. The van der Waals surface area contributed by atoms with Gasteiger partial charge < -0.3 is 10.4 Å². The summed E-state index contributed by atoms with van der Waals surface area (Å²) in [5.74, 6) is -0.342. The quantitative estimate of drug-likeness (QED) is 0.597. The number of carbonyl (C=O) groups is 1. The topological polar surface area (TPSA) is 62.2 Å². The molecule has 0 amide bonds. The zero-order valence-corrected chi connectivity index (χ0v) is 12.5. The number of hydrogen-bond donors (Lipinski definition) is 2. The Morgan fingerprint density at radius 1 is 1.43 bits per heavy atom. The minimum Gasteiger partial charge on any atom is -0.480 e. The summed E-state index contributed by atoms with van der Waals surface area (Å²) in [4.78, 5) is 14.8. The van der Waals surface area contributed by atoms with E-state index in [0.29, 0.717) is 23.6 Å². The van der Waals surface area contributed by atoms with Crippen molar-refractivity contribution >= 4 is 17.7 Å². The van der Waals surface area contributed by atoms with Crippen LogP contribution in [0.3, 0.4) is 0 Å². The zero-order chi connectivity index (χ0) is 16.1. The molecule has 0 saturated heterocycles. The monoisotopic (exact) mass is 322 g/mol. The number of nitrogens with zero attached hydrogens (tertiary/aromatic N) is 1. The van der Waals surface area contributed by atoms with Crippen LogP contribution in [0.5, 0.6) is 0 Å². The molecule has 21 heavy (non-hydrogen) atoms. The maximum atomic E-state index is 12.4. The molecule has 8 heteroatoms. The van der Waals surface area contributed by atoms with Crippen LogP contribution < -0.4 is 5.32 Å². The maximum absolute atomic E-state index is 12.4. The van der Waals surface area contributed by atoms with E-state index in [1.165, 1.54) is 17.8 Å². The number of thioether (sulfide) groups is 1. The lowest BCUT2D eigenvalue weighted by Gasteiger charge is -2.23. The Balaban J connectivity index is 2.45. The lowest BCUT2D eigenvalue weighted by atomic mass is 9.97. The first-order chi connectivity index (χ1) is 9.69. The second-order valence-electron chi connectivity index (χ2n) is 4.72. The number of carboxylic acid groups (broad SMARTS) is 1. The van der Waals surface area contributed by atoms with Gasteiger partial charge in [0.15, 0.2) is 0 Å². The molecule has 1 heterocycles. The first-order valence-electron chi connectivity index (χ1n) is 6.27. The van der Waals surface area contributed by atoms with Gasteiger partial charge in [-0.2, -0.15) is 13.2 Å². The summed E-state index contributed by atoms with van der Waals surface area (Å²) in [6, 6.07) is 2.31. The van der Waals surface area contributed by atoms with Crippen LogP contribution >= 0.6 is 11.8 Å². The lowest BCUT2D eigenvalue weighted by molar-refractivity contribution is -0.144. The summed E-state index contributed by atoms with van der Waals surface area (Å²) in [5.41, 5.74) is -1.77. The number of aromatic nitrogens is 1. The Morgan fingerprint density at radius 2 is 2.10 bits per heavy atom. The highest BCUT2D eigenvalue weighted by atomic mass is 32.2. The molecule has 4 nitrogen and oxygen atoms in total. The molecule has 1 aromatic rings. The van der Waals surface area contributed by atoms with E-state index in [1.54, 1.807) is 14.0 Å². The van der Waals surface area contributed by atoms with Crippen molar-refractivity contribution in [3.8, 4) is 0 Å². The molecule has 1 atom stereocenters. The highest BCUT2D eigenvalue weighted by Crippen LogP contribution is 2.29. The van der Waals surface area contributed by atoms with E-state index in [0.717, 1.165) is 12.3 Å². The van der Waals surface area contributed by atoms with Crippen molar-refractivity contribution in [3.63, 3.8) is 0 Å². The van der Waals surface area contributed by atoms with Gasteiger partial charge in [0.25, 0.3) is 0 Å². The van der Waals surface area contributed by atoms with Gasteiger partial charge in [-0.15, -0.1) is 11.8 Å². The zero-order valence-electron chi connectivity index (χ0n) is 11.7. The number of likely N-dealkylation sites (N-methyl/N-ethyl adjacent to an activating group) is 1. The molecule has 0 bridgehead atoms. The van der Waals surface area contributed by atoms with E-state index in [1.807, 2.05) is 0 Å². The van der Waals surface area contributed by atoms with Gasteiger partial charge in [0.05, 0.1) is 10.6 Å². The molecule has 0 aliphatic rings. The van der Waals surface area contributed by atoms with Crippen LogP contribution in [-0.4, -0.2) is 34.4 Å². The van der Waals surface area contributed by atoms with Crippen LogP contribution in [0.1, 0.15) is 25.3 Å². The largest absolute Gasteiger partial charge is 0.480 e. The van der Waals surface area contributed by atoms with Crippen LogP contribution in [0, 0.1) is 0 Å². The molecule has 0 aliphatic heterocycles. The van der Waals surface area contributed by atoms with E-state index in [2.05, 4.69) is 10.3 Å². The number of aliphatic carboxylic acids is 1. The smallest absolute Gasteiger partial charge is 0.417 e. The fraction of sp³-hybridized carbons (Fsp3) is 0.538. The SMILES string of the molecule is CNC(C)(CCCSc1ccc(C(F)(F)F)cn1)C(=O)O. The summed E-state index contributed by atoms with van der Waals surface area (Å²) >= 11 is 1.30. The minimum absolute atomic E-state index is 0.423. The van der Waals surface area contributed by atoms with Crippen molar-refractivity contribution in [1.29, 1.82) is 0 Å². The highest BCUT2D eigenvalue weighted by Gasteiger charge is 2.31. The van der Waals surface area contributed by atoms with Crippen molar-refractivity contribution in [2.75, 3.05) is 12.8 Å². The normalized spacial score (nSPS) is 14.7. The summed E-state index contributed by atoms with van der Waals surface area (Å²) in [5, 5.41) is 12.3. The first kappa shape index (κ1) is 17.8. The van der Waals surface area contributed by atoms with Crippen LogP contribution in [0.25, 0.3) is 0 Å². The molecule has 0 spiro atoms. The van der Waals surface area contributed by atoms with E-state index in [9.17, 15) is 18.0 Å². The number of halogens is 3. The van der Waals surface area contributed by atoms with E-state index >= 15 is 0 Å². The Morgan fingerprint density at radius 3 is 2.52 bits per heavy atom. The second-order valence-corrected chi connectivity index (χ2v) is 5.84. The number of hydrogen-bond acceptors (Lipinski definition) is 4. The second kappa shape index (κ2) is 7.13. The standard InChI is InChI=1S/C13H17F3N2O2S/c1-12(17-2,11(19)20)6-3-7-21-10-5-4-9(8-18-10)13(14,15)16/h4-5,8,17H,3,6-7H2,1-2H3,(H,19,20). The Kier molecular flexibility index (Phi) is 6.03. The molecule has 0 aliphatic carbocycles. The third-order valence-electron chi connectivity index (χ3n) is 3.16. The third kappa shape index (κ3) is 5.20. The number of nitrogens with one attached hydrogen (secondary N) is 1. The average molecular weight is 322 g/mol. The van der Waals surface area contributed by atoms with Gasteiger partial charge in [-0.3, -0.25) is 4.79 Å². The predicted octanol–water partition coefficient (Wildman–Crippen LogP) is 3.04. The van der Waals surface area contributed by atoms with Gasteiger partial charge >= 0.3 is 12.1 Å². The van der Waals surface area contributed by atoms with E-state index in [-0.39, 0.29) is 0 Å². The molecule has 1 aromatic heterocycles. The summed E-state index contributed by atoms with van der Waals surface area (Å²) in [6.45, 7) is 1.59. The molecule has 118 valence electrons. The summed E-state index contributed by atoms with van der Waals surface area (Å²) in [7, 11) is 1.58. The van der Waals surface area contributed by atoms with Crippen LogP contribution in [0.4, 0.5) is 13.2 Å². The third-order valence-corrected chi connectivity index (χ3v) is 4.19. The average Bonchev–Trinajstić information content (AvgIpc) is 2.42. The van der Waals surface area contributed by atoms with Crippen molar-refractivity contribution < 1.29 is 23.1 Å². The summed E-state index contributed by atoms with van der Waals surface area (Å²) in [6.07, 6.45) is -2.55. The minimum atomic E-state index is -4.38. The van der Waals surface area contributed by atoms with Crippen LogP contribution in [0.2, 0.25) is 0 Å². The first-order valence-corrected chi connectivity index (χ1v) is 7.26. The molecule has 0 radical (unpaired) electrons. The molecule has 1 unspecified atom stereocenters. The molecular formula is C13H17F3N2O2S. The molecule has 0 saturated carbocycles. The van der Waals surface area contributed by atoms with E-state index < -0.39 is 23.2 Å². The van der Waals surface area contributed by atoms with Crippen LogP contribution in [0.15, 0.2) is 23.4 Å². The van der Waals surface area contributed by atoms with Gasteiger partial charge in [-0.1, -0.05) is 0 Å². The molecular weight excluding hydrogens is 305 g/mol. The van der Waals surface area contributed by atoms with Crippen molar-refractivity contribution in [3.05, 3.63) is 23.9 Å². The van der Waals surface area contributed by atoms with Gasteiger partial charge in [-0.05, 0) is 44.7 Å². The maximum Gasteiger partial charge on any atom is 0.417 e.